The van der Waals surface area contributed by atoms with Crippen molar-refractivity contribution in [2.45, 2.75) is 27.0 Å². The summed E-state index contributed by atoms with van der Waals surface area (Å²) in [5.74, 6) is 1.45. The molecule has 0 saturated carbocycles. The second-order valence-electron chi connectivity index (χ2n) is 5.43. The van der Waals surface area contributed by atoms with Crippen LogP contribution in [-0.2, 0) is 13.2 Å². The molecule has 21 heavy (non-hydrogen) atoms. The summed E-state index contributed by atoms with van der Waals surface area (Å²) in [6.07, 6.45) is 1.78. The van der Waals surface area contributed by atoms with Gasteiger partial charge in [0.05, 0.1) is 11.9 Å². The molecule has 0 spiro atoms. The van der Waals surface area contributed by atoms with Gasteiger partial charge in [0.15, 0.2) is 0 Å². The lowest BCUT2D eigenvalue weighted by Crippen LogP contribution is -2.19. The zero-order valence-corrected chi connectivity index (χ0v) is 14.1. The molecule has 112 valence electrons. The van der Waals surface area contributed by atoms with E-state index < -0.39 is 0 Å². The summed E-state index contributed by atoms with van der Waals surface area (Å²) in [5.41, 5.74) is 2.17. The van der Waals surface area contributed by atoms with Crippen molar-refractivity contribution in [2.24, 2.45) is 5.92 Å². The van der Waals surface area contributed by atoms with Crippen molar-refractivity contribution in [3.63, 3.8) is 0 Å². The van der Waals surface area contributed by atoms with Crippen molar-refractivity contribution in [3.8, 4) is 5.75 Å². The van der Waals surface area contributed by atoms with Crippen LogP contribution in [-0.4, -0.2) is 11.5 Å². The normalized spacial score (nSPS) is 10.9. The quantitative estimate of drug-likeness (QED) is 0.815. The molecule has 2 aromatic rings. The maximum absolute atomic E-state index is 5.73. The van der Waals surface area contributed by atoms with Crippen LogP contribution in [0.2, 0.25) is 0 Å². The van der Waals surface area contributed by atoms with Gasteiger partial charge in [-0.25, -0.2) is 0 Å². The van der Waals surface area contributed by atoms with E-state index in [4.69, 9.17) is 4.74 Å². The molecule has 1 aromatic carbocycles. The van der Waals surface area contributed by atoms with Gasteiger partial charge in [-0.2, -0.15) is 0 Å². The molecule has 0 atom stereocenters. The van der Waals surface area contributed by atoms with Gasteiger partial charge < -0.3 is 10.1 Å². The lowest BCUT2D eigenvalue weighted by Gasteiger charge is -2.09. The minimum Gasteiger partial charge on any atom is -0.487 e. The van der Waals surface area contributed by atoms with Crippen LogP contribution in [0.5, 0.6) is 5.75 Å². The Bertz CT molecular complexity index is 538. The van der Waals surface area contributed by atoms with Crippen LogP contribution in [0.15, 0.2) is 47.1 Å². The number of rotatable bonds is 7. The first-order valence-electron chi connectivity index (χ1n) is 7.16. The molecule has 2 rings (SSSR count). The lowest BCUT2D eigenvalue weighted by atomic mass is 10.2. The Kier molecular flexibility index (Phi) is 6.21. The number of hydrogen-bond donors (Lipinski definition) is 1. The second kappa shape index (κ2) is 8.15. The fraction of sp³-hybridized carbons (Fsp3) is 0.353. The molecule has 0 aliphatic rings. The number of benzene rings is 1. The minimum absolute atomic E-state index is 0.555. The monoisotopic (exact) mass is 348 g/mol. The van der Waals surface area contributed by atoms with E-state index in [0.717, 1.165) is 34.6 Å². The number of pyridine rings is 1. The van der Waals surface area contributed by atoms with E-state index in [-0.39, 0.29) is 0 Å². The van der Waals surface area contributed by atoms with Crippen LogP contribution in [0, 0.1) is 5.92 Å². The summed E-state index contributed by atoms with van der Waals surface area (Å²) < 4.78 is 6.81. The SMILES string of the molecule is CC(C)CNCc1ccc(OCc2ccc(Br)cc2)cn1. The van der Waals surface area contributed by atoms with E-state index in [0.29, 0.717) is 12.5 Å². The molecule has 0 aliphatic carbocycles. The van der Waals surface area contributed by atoms with Crippen molar-refractivity contribution >= 4 is 15.9 Å². The smallest absolute Gasteiger partial charge is 0.138 e. The van der Waals surface area contributed by atoms with Crippen LogP contribution in [0.25, 0.3) is 0 Å². The molecule has 0 aliphatic heterocycles. The number of nitrogens with one attached hydrogen (secondary N) is 1. The Morgan fingerprint density at radius 1 is 1.14 bits per heavy atom. The highest BCUT2D eigenvalue weighted by Gasteiger charge is 1.99. The van der Waals surface area contributed by atoms with E-state index in [1.807, 2.05) is 36.4 Å². The van der Waals surface area contributed by atoms with Crippen molar-refractivity contribution in [3.05, 3.63) is 58.3 Å². The Labute approximate surface area is 134 Å². The van der Waals surface area contributed by atoms with Crippen molar-refractivity contribution in [2.75, 3.05) is 6.54 Å². The third-order valence-corrected chi connectivity index (χ3v) is 3.50. The average Bonchev–Trinajstić information content (AvgIpc) is 2.48. The highest BCUT2D eigenvalue weighted by atomic mass is 79.9. The highest BCUT2D eigenvalue weighted by molar-refractivity contribution is 9.10. The zero-order chi connectivity index (χ0) is 15.1. The van der Waals surface area contributed by atoms with E-state index in [1.165, 1.54) is 0 Å². The van der Waals surface area contributed by atoms with E-state index in [9.17, 15) is 0 Å². The first-order valence-corrected chi connectivity index (χ1v) is 7.95. The van der Waals surface area contributed by atoms with Gasteiger partial charge >= 0.3 is 0 Å². The van der Waals surface area contributed by atoms with Crippen LogP contribution in [0.1, 0.15) is 25.1 Å². The standard InChI is InChI=1S/C17H21BrN2O/c1-13(2)9-19-10-16-7-8-17(11-20-16)21-12-14-3-5-15(18)6-4-14/h3-8,11,13,19H,9-10,12H2,1-2H3. The predicted molar refractivity (Wildman–Crippen MR) is 89.3 cm³/mol. The van der Waals surface area contributed by atoms with Crippen LogP contribution in [0.4, 0.5) is 0 Å². The lowest BCUT2D eigenvalue weighted by molar-refractivity contribution is 0.304. The summed E-state index contributed by atoms with van der Waals surface area (Å²) >= 11 is 3.42. The largest absolute Gasteiger partial charge is 0.487 e. The molecule has 0 unspecified atom stereocenters. The Balaban J connectivity index is 1.80. The van der Waals surface area contributed by atoms with Crippen molar-refractivity contribution in [1.82, 2.24) is 10.3 Å². The molecule has 3 nitrogen and oxygen atoms in total. The molecule has 0 radical (unpaired) electrons. The summed E-state index contributed by atoms with van der Waals surface area (Å²) in [6, 6.07) is 12.1. The maximum Gasteiger partial charge on any atom is 0.138 e. The molecule has 1 N–H and O–H groups in total. The highest BCUT2D eigenvalue weighted by Crippen LogP contribution is 2.14. The first-order chi connectivity index (χ1) is 10.1. The van der Waals surface area contributed by atoms with Gasteiger partial charge in [-0.1, -0.05) is 41.9 Å². The summed E-state index contributed by atoms with van der Waals surface area (Å²) in [6.45, 7) is 6.74. The summed E-state index contributed by atoms with van der Waals surface area (Å²) in [4.78, 5) is 4.41. The maximum atomic E-state index is 5.73. The fourth-order valence-corrected chi connectivity index (χ4v) is 2.10. The fourth-order valence-electron chi connectivity index (χ4n) is 1.84. The number of halogens is 1. The molecule has 1 aromatic heterocycles. The third-order valence-electron chi connectivity index (χ3n) is 2.98. The van der Waals surface area contributed by atoms with Crippen LogP contribution < -0.4 is 10.1 Å². The van der Waals surface area contributed by atoms with Gasteiger partial charge in [0.25, 0.3) is 0 Å². The van der Waals surface area contributed by atoms with Crippen LogP contribution in [0.3, 0.4) is 0 Å². The molecule has 0 saturated heterocycles. The van der Waals surface area contributed by atoms with Crippen LogP contribution >= 0.6 is 15.9 Å². The van der Waals surface area contributed by atoms with E-state index in [2.05, 4.69) is 40.1 Å². The Morgan fingerprint density at radius 3 is 2.52 bits per heavy atom. The number of nitrogens with zero attached hydrogens (tertiary/aromatic N) is 1. The number of hydrogen-bond acceptors (Lipinski definition) is 3. The van der Waals surface area contributed by atoms with Gasteiger partial charge in [-0.05, 0) is 42.3 Å². The summed E-state index contributed by atoms with van der Waals surface area (Å²) in [5, 5.41) is 3.38. The summed E-state index contributed by atoms with van der Waals surface area (Å²) in [7, 11) is 0. The molecule has 0 fully saturated rings. The molecular weight excluding hydrogens is 328 g/mol. The number of aromatic nitrogens is 1. The Morgan fingerprint density at radius 2 is 1.90 bits per heavy atom. The second-order valence-corrected chi connectivity index (χ2v) is 6.34. The van der Waals surface area contributed by atoms with E-state index >= 15 is 0 Å². The third kappa shape index (κ3) is 5.86. The van der Waals surface area contributed by atoms with Gasteiger partial charge in [0.2, 0.25) is 0 Å². The first kappa shape index (κ1) is 16.0. The van der Waals surface area contributed by atoms with E-state index in [1.54, 1.807) is 6.20 Å². The molecular formula is C17H21BrN2O. The number of ether oxygens (including phenoxy) is 1. The molecule has 0 bridgehead atoms. The van der Waals surface area contributed by atoms with Gasteiger partial charge in [0.1, 0.15) is 12.4 Å². The topological polar surface area (TPSA) is 34.1 Å². The molecule has 0 amide bonds. The molecule has 4 heteroatoms. The van der Waals surface area contributed by atoms with Crippen molar-refractivity contribution in [1.29, 1.82) is 0 Å². The molecule has 1 heterocycles. The van der Waals surface area contributed by atoms with Gasteiger partial charge in [-0.15, -0.1) is 0 Å². The van der Waals surface area contributed by atoms with Gasteiger partial charge in [0, 0.05) is 11.0 Å². The zero-order valence-electron chi connectivity index (χ0n) is 12.5. The van der Waals surface area contributed by atoms with Crippen molar-refractivity contribution < 1.29 is 4.74 Å². The van der Waals surface area contributed by atoms with Gasteiger partial charge in [-0.3, -0.25) is 4.98 Å². The predicted octanol–water partition coefficient (Wildman–Crippen LogP) is 4.17. The Hall–Kier alpha value is -1.39. The average molecular weight is 349 g/mol. The minimum atomic E-state index is 0.555.